The summed E-state index contributed by atoms with van der Waals surface area (Å²) < 4.78 is 5.47. The molecule has 0 aromatic heterocycles. The van der Waals surface area contributed by atoms with Gasteiger partial charge in [-0.1, -0.05) is 36.4 Å². The molecule has 0 fully saturated rings. The van der Waals surface area contributed by atoms with E-state index >= 15 is 0 Å². The van der Waals surface area contributed by atoms with Gasteiger partial charge in [0.25, 0.3) is 0 Å². The average molecular weight is 250 g/mol. The zero-order valence-corrected chi connectivity index (χ0v) is 10.7. The van der Waals surface area contributed by atoms with Crippen molar-refractivity contribution in [2.45, 2.75) is 38.1 Å². The van der Waals surface area contributed by atoms with Gasteiger partial charge in [0.2, 0.25) is 0 Å². The molecule has 3 heteroatoms. The molecule has 100 valence electrons. The van der Waals surface area contributed by atoms with Gasteiger partial charge in [0.05, 0.1) is 18.8 Å². The first-order valence-electron chi connectivity index (χ1n) is 6.31. The van der Waals surface area contributed by atoms with E-state index in [2.05, 4.69) is 6.58 Å². The molecule has 2 N–H and O–H groups in total. The quantitative estimate of drug-likeness (QED) is 0.522. The highest BCUT2D eigenvalue weighted by Gasteiger charge is 2.10. The van der Waals surface area contributed by atoms with E-state index in [1.165, 1.54) is 0 Å². The Morgan fingerprint density at radius 1 is 1.17 bits per heavy atom. The standard InChI is InChI=1S/C15H22O3/c1-2-6-14(16)11-15(17)9-10-18-12-13-7-4-3-5-8-13/h2-5,7-8,14-17H,1,6,9-12H2/t14-,15+/m0/s1. The van der Waals surface area contributed by atoms with Crippen LogP contribution in [0.2, 0.25) is 0 Å². The molecule has 0 saturated carbocycles. The fourth-order valence-electron chi connectivity index (χ4n) is 1.70. The maximum absolute atomic E-state index is 9.67. The number of rotatable bonds is 9. The SMILES string of the molecule is C=CC[C@H](O)C[C@H](O)CCOCc1ccccc1. The molecule has 0 aliphatic carbocycles. The van der Waals surface area contributed by atoms with Gasteiger partial charge in [-0.3, -0.25) is 0 Å². The van der Waals surface area contributed by atoms with Crippen LogP contribution in [0.4, 0.5) is 0 Å². The van der Waals surface area contributed by atoms with Crippen LogP contribution in [0.5, 0.6) is 0 Å². The van der Waals surface area contributed by atoms with E-state index in [0.29, 0.717) is 32.5 Å². The van der Waals surface area contributed by atoms with E-state index in [4.69, 9.17) is 4.74 Å². The molecule has 1 rings (SSSR count). The first kappa shape index (κ1) is 14.9. The second-order valence-electron chi connectivity index (χ2n) is 4.39. The van der Waals surface area contributed by atoms with Crippen LogP contribution < -0.4 is 0 Å². The predicted octanol–water partition coefficient (Wildman–Crippen LogP) is 2.28. The molecule has 0 unspecified atom stereocenters. The maximum atomic E-state index is 9.67. The number of ether oxygens (including phenoxy) is 1. The number of aliphatic hydroxyl groups is 2. The average Bonchev–Trinajstić information content (AvgIpc) is 2.36. The number of benzene rings is 1. The zero-order valence-electron chi connectivity index (χ0n) is 10.7. The van der Waals surface area contributed by atoms with Crippen molar-refractivity contribution >= 4 is 0 Å². The van der Waals surface area contributed by atoms with Crippen LogP contribution in [-0.2, 0) is 11.3 Å². The minimum absolute atomic E-state index is 0.376. The summed E-state index contributed by atoms with van der Waals surface area (Å²) in [4.78, 5) is 0. The summed E-state index contributed by atoms with van der Waals surface area (Å²) in [6, 6.07) is 9.92. The van der Waals surface area contributed by atoms with E-state index in [1.54, 1.807) is 6.08 Å². The molecular formula is C15H22O3. The third kappa shape index (κ3) is 6.55. The highest BCUT2D eigenvalue weighted by Crippen LogP contribution is 2.07. The highest BCUT2D eigenvalue weighted by atomic mass is 16.5. The lowest BCUT2D eigenvalue weighted by Gasteiger charge is -2.14. The lowest BCUT2D eigenvalue weighted by atomic mass is 10.1. The van der Waals surface area contributed by atoms with Gasteiger partial charge in [-0.05, 0) is 24.8 Å². The number of hydrogen-bond acceptors (Lipinski definition) is 3. The van der Waals surface area contributed by atoms with Crippen molar-refractivity contribution in [3.63, 3.8) is 0 Å². The first-order valence-corrected chi connectivity index (χ1v) is 6.31. The second kappa shape index (κ2) is 8.86. The normalized spacial score (nSPS) is 14.1. The molecule has 3 nitrogen and oxygen atoms in total. The van der Waals surface area contributed by atoms with Crippen LogP contribution in [0.3, 0.4) is 0 Å². The van der Waals surface area contributed by atoms with Gasteiger partial charge in [-0.2, -0.15) is 0 Å². The Bertz CT molecular complexity index is 324. The van der Waals surface area contributed by atoms with Gasteiger partial charge in [0.15, 0.2) is 0 Å². The molecule has 0 heterocycles. The lowest BCUT2D eigenvalue weighted by Crippen LogP contribution is -2.18. The molecule has 0 bridgehead atoms. The van der Waals surface area contributed by atoms with Gasteiger partial charge in [0.1, 0.15) is 0 Å². The van der Waals surface area contributed by atoms with E-state index in [9.17, 15) is 10.2 Å². The number of hydrogen-bond donors (Lipinski definition) is 2. The Hall–Kier alpha value is -1.16. The van der Waals surface area contributed by atoms with Crippen molar-refractivity contribution < 1.29 is 14.9 Å². The van der Waals surface area contributed by atoms with Crippen LogP contribution >= 0.6 is 0 Å². The molecule has 0 aliphatic heterocycles. The molecule has 0 radical (unpaired) electrons. The van der Waals surface area contributed by atoms with Crippen LogP contribution in [0, 0.1) is 0 Å². The summed E-state index contributed by atoms with van der Waals surface area (Å²) in [7, 11) is 0. The largest absolute Gasteiger partial charge is 0.393 e. The molecule has 2 atom stereocenters. The fraction of sp³-hybridized carbons (Fsp3) is 0.467. The summed E-state index contributed by atoms with van der Waals surface area (Å²) in [6.07, 6.45) is 2.06. The minimum atomic E-state index is -0.518. The molecule has 0 saturated heterocycles. The minimum Gasteiger partial charge on any atom is -0.393 e. The Labute approximate surface area is 109 Å². The Morgan fingerprint density at radius 3 is 2.56 bits per heavy atom. The molecular weight excluding hydrogens is 228 g/mol. The van der Waals surface area contributed by atoms with E-state index in [-0.39, 0.29) is 0 Å². The third-order valence-electron chi connectivity index (χ3n) is 2.69. The van der Waals surface area contributed by atoms with Crippen LogP contribution in [0.25, 0.3) is 0 Å². The van der Waals surface area contributed by atoms with Crippen molar-refractivity contribution in [1.29, 1.82) is 0 Å². The molecule has 1 aromatic rings. The highest BCUT2D eigenvalue weighted by molar-refractivity contribution is 5.13. The molecule has 0 amide bonds. The van der Waals surface area contributed by atoms with Gasteiger partial charge >= 0.3 is 0 Å². The molecule has 0 aliphatic rings. The van der Waals surface area contributed by atoms with Crippen molar-refractivity contribution in [3.8, 4) is 0 Å². The molecule has 18 heavy (non-hydrogen) atoms. The van der Waals surface area contributed by atoms with Crippen molar-refractivity contribution in [2.24, 2.45) is 0 Å². The summed E-state index contributed by atoms with van der Waals surface area (Å²) in [5, 5.41) is 19.2. The Morgan fingerprint density at radius 2 is 1.89 bits per heavy atom. The number of aliphatic hydroxyl groups excluding tert-OH is 2. The first-order chi connectivity index (χ1) is 8.72. The topological polar surface area (TPSA) is 49.7 Å². The van der Waals surface area contributed by atoms with Gasteiger partial charge in [-0.25, -0.2) is 0 Å². The van der Waals surface area contributed by atoms with E-state index in [0.717, 1.165) is 5.56 Å². The third-order valence-corrected chi connectivity index (χ3v) is 2.69. The van der Waals surface area contributed by atoms with Crippen LogP contribution in [0.1, 0.15) is 24.8 Å². The monoisotopic (exact) mass is 250 g/mol. The maximum Gasteiger partial charge on any atom is 0.0716 e. The van der Waals surface area contributed by atoms with Crippen molar-refractivity contribution in [2.75, 3.05) is 6.61 Å². The summed E-state index contributed by atoms with van der Waals surface area (Å²) in [5.41, 5.74) is 1.12. The second-order valence-corrected chi connectivity index (χ2v) is 4.39. The Balaban J connectivity index is 2.08. The fourth-order valence-corrected chi connectivity index (χ4v) is 1.70. The summed E-state index contributed by atoms with van der Waals surface area (Å²) in [6.45, 7) is 4.61. The van der Waals surface area contributed by atoms with Crippen molar-refractivity contribution in [3.05, 3.63) is 48.6 Å². The van der Waals surface area contributed by atoms with E-state index in [1.807, 2.05) is 30.3 Å². The molecule has 1 aromatic carbocycles. The smallest absolute Gasteiger partial charge is 0.0716 e. The van der Waals surface area contributed by atoms with Gasteiger partial charge < -0.3 is 14.9 Å². The van der Waals surface area contributed by atoms with Gasteiger partial charge in [-0.15, -0.1) is 6.58 Å². The van der Waals surface area contributed by atoms with Crippen LogP contribution in [0.15, 0.2) is 43.0 Å². The molecule has 0 spiro atoms. The van der Waals surface area contributed by atoms with E-state index < -0.39 is 12.2 Å². The van der Waals surface area contributed by atoms with Gasteiger partial charge in [0, 0.05) is 6.61 Å². The summed E-state index contributed by atoms with van der Waals surface area (Å²) >= 11 is 0. The lowest BCUT2D eigenvalue weighted by molar-refractivity contribution is 0.0424. The predicted molar refractivity (Wildman–Crippen MR) is 72.2 cm³/mol. The zero-order chi connectivity index (χ0) is 13.2. The summed E-state index contributed by atoms with van der Waals surface area (Å²) in [5.74, 6) is 0. The Kier molecular flexibility index (Phi) is 7.34. The van der Waals surface area contributed by atoms with Crippen molar-refractivity contribution in [1.82, 2.24) is 0 Å². The van der Waals surface area contributed by atoms with Crippen LogP contribution in [-0.4, -0.2) is 29.0 Å².